The highest BCUT2D eigenvalue weighted by Crippen LogP contribution is 2.39. The minimum Gasteiger partial charge on any atom is -0.411 e. The predicted octanol–water partition coefficient (Wildman–Crippen LogP) is 2.81. The number of hydrogen-bond donors (Lipinski definition) is 1. The van der Waals surface area contributed by atoms with E-state index in [0.717, 1.165) is 24.6 Å². The maximum absolute atomic E-state index is 13.4. The molecule has 0 amide bonds. The Morgan fingerprint density at radius 1 is 1.20 bits per heavy atom. The van der Waals surface area contributed by atoms with Crippen molar-refractivity contribution in [1.29, 1.82) is 0 Å². The van der Waals surface area contributed by atoms with Crippen molar-refractivity contribution in [2.24, 2.45) is 5.16 Å². The third-order valence-corrected chi connectivity index (χ3v) is 5.79. The lowest BCUT2D eigenvalue weighted by molar-refractivity contribution is -0.142. The zero-order chi connectivity index (χ0) is 17.6. The van der Waals surface area contributed by atoms with Crippen LogP contribution in [0.3, 0.4) is 0 Å². The summed E-state index contributed by atoms with van der Waals surface area (Å²) in [6, 6.07) is 0. The van der Waals surface area contributed by atoms with E-state index in [1.807, 2.05) is 0 Å². The third kappa shape index (κ3) is 3.22. The standard InChI is InChI=1S/C15H16F3N3O3S/c16-15(17,18)12-7-3-1-2-4-8(7)19-14(20-12)25-11-5-9(21-22)13-23-6-10(11)24-13/h10-11,13,22H,1-6H2/b21-9+/t10-,11+,13+/m1/s1. The molecule has 0 saturated carbocycles. The molecule has 2 saturated heterocycles. The van der Waals surface area contributed by atoms with Gasteiger partial charge in [0, 0.05) is 22.9 Å². The van der Waals surface area contributed by atoms with Crippen LogP contribution in [0.4, 0.5) is 13.2 Å². The number of thioether (sulfide) groups is 1. The first kappa shape index (κ1) is 17.0. The van der Waals surface area contributed by atoms with Gasteiger partial charge in [0.05, 0.1) is 12.7 Å². The number of aryl methyl sites for hydroxylation is 1. The Kier molecular flexibility index (Phi) is 4.37. The van der Waals surface area contributed by atoms with Gasteiger partial charge in [-0.05, 0) is 25.7 Å². The highest BCUT2D eigenvalue weighted by atomic mass is 32.2. The molecule has 0 radical (unpaired) electrons. The van der Waals surface area contributed by atoms with Gasteiger partial charge in [-0.1, -0.05) is 16.9 Å². The molecule has 2 fully saturated rings. The van der Waals surface area contributed by atoms with Crippen LogP contribution in [0.25, 0.3) is 0 Å². The summed E-state index contributed by atoms with van der Waals surface area (Å²) in [7, 11) is 0. The molecule has 0 unspecified atom stereocenters. The van der Waals surface area contributed by atoms with Crippen LogP contribution in [0.2, 0.25) is 0 Å². The van der Waals surface area contributed by atoms with Crippen LogP contribution in [-0.2, 0) is 28.5 Å². The topological polar surface area (TPSA) is 76.8 Å². The van der Waals surface area contributed by atoms with Crippen molar-refractivity contribution in [3.8, 4) is 0 Å². The second-order valence-corrected chi connectivity index (χ2v) is 7.48. The molecule has 0 spiro atoms. The van der Waals surface area contributed by atoms with Gasteiger partial charge in [-0.25, -0.2) is 9.97 Å². The van der Waals surface area contributed by atoms with Gasteiger partial charge in [0.2, 0.25) is 6.29 Å². The number of nitrogens with zero attached hydrogens (tertiary/aromatic N) is 3. The highest BCUT2D eigenvalue weighted by Gasteiger charge is 2.44. The number of rotatable bonds is 2. The fraction of sp³-hybridized carbons (Fsp3) is 0.667. The van der Waals surface area contributed by atoms with E-state index in [0.29, 0.717) is 37.3 Å². The van der Waals surface area contributed by atoms with E-state index in [1.165, 1.54) is 0 Å². The minimum absolute atomic E-state index is 0.0872. The average Bonchev–Trinajstić information content (AvgIpc) is 3.01. The molecule has 4 rings (SSSR count). The van der Waals surface area contributed by atoms with Crippen LogP contribution in [0, 0.1) is 0 Å². The van der Waals surface area contributed by atoms with Crippen molar-refractivity contribution < 1.29 is 27.9 Å². The van der Waals surface area contributed by atoms with E-state index in [4.69, 9.17) is 14.7 Å². The molecule has 1 N–H and O–H groups in total. The number of ether oxygens (including phenoxy) is 2. The molecule has 3 aliphatic rings. The van der Waals surface area contributed by atoms with Crippen LogP contribution < -0.4 is 0 Å². The first-order valence-corrected chi connectivity index (χ1v) is 8.95. The van der Waals surface area contributed by atoms with Crippen molar-refractivity contribution in [2.45, 2.75) is 61.1 Å². The third-order valence-electron chi connectivity index (χ3n) is 4.62. The summed E-state index contributed by atoms with van der Waals surface area (Å²) in [6.45, 7) is 0.304. The second kappa shape index (κ2) is 6.40. The molecule has 1 aromatic rings. The molecule has 25 heavy (non-hydrogen) atoms. The maximum atomic E-state index is 13.4. The molecule has 10 heteroatoms. The van der Waals surface area contributed by atoms with Gasteiger partial charge in [-0.3, -0.25) is 0 Å². The molecular weight excluding hydrogens is 359 g/mol. The van der Waals surface area contributed by atoms with Crippen LogP contribution >= 0.6 is 11.8 Å². The van der Waals surface area contributed by atoms with Crippen LogP contribution in [0.5, 0.6) is 0 Å². The van der Waals surface area contributed by atoms with Crippen LogP contribution in [0.15, 0.2) is 10.3 Å². The van der Waals surface area contributed by atoms with Gasteiger partial charge in [-0.15, -0.1) is 0 Å². The van der Waals surface area contributed by atoms with Gasteiger partial charge in [-0.2, -0.15) is 13.2 Å². The first-order chi connectivity index (χ1) is 12.0. The zero-order valence-electron chi connectivity index (χ0n) is 13.1. The number of hydrogen-bond acceptors (Lipinski definition) is 7. The largest absolute Gasteiger partial charge is 0.433 e. The maximum Gasteiger partial charge on any atom is 0.433 e. The molecule has 2 bridgehead atoms. The van der Waals surface area contributed by atoms with E-state index >= 15 is 0 Å². The van der Waals surface area contributed by atoms with Crippen molar-refractivity contribution >= 4 is 17.5 Å². The summed E-state index contributed by atoms with van der Waals surface area (Å²) in [4.78, 5) is 8.18. The Labute approximate surface area is 145 Å². The van der Waals surface area contributed by atoms with Crippen molar-refractivity contribution in [3.05, 3.63) is 17.0 Å². The fourth-order valence-electron chi connectivity index (χ4n) is 3.42. The Balaban J connectivity index is 1.64. The summed E-state index contributed by atoms with van der Waals surface area (Å²) in [6.07, 6.45) is -2.64. The van der Waals surface area contributed by atoms with Crippen LogP contribution in [-0.4, -0.2) is 45.1 Å². The summed E-state index contributed by atoms with van der Waals surface area (Å²) in [5, 5.41) is 12.1. The number of oxime groups is 1. The summed E-state index contributed by atoms with van der Waals surface area (Å²) >= 11 is 1.13. The fourth-order valence-corrected chi connectivity index (χ4v) is 4.55. The van der Waals surface area contributed by atoms with E-state index in [9.17, 15) is 13.2 Å². The van der Waals surface area contributed by atoms with Crippen molar-refractivity contribution in [2.75, 3.05) is 6.61 Å². The Bertz CT molecular complexity index is 713. The minimum atomic E-state index is -4.50. The quantitative estimate of drug-likeness (QED) is 0.487. The van der Waals surface area contributed by atoms with Crippen molar-refractivity contribution in [3.63, 3.8) is 0 Å². The number of alkyl halides is 3. The van der Waals surface area contributed by atoms with E-state index in [1.54, 1.807) is 0 Å². The molecule has 0 aromatic carbocycles. The lowest BCUT2D eigenvalue weighted by Crippen LogP contribution is -2.37. The van der Waals surface area contributed by atoms with Gasteiger partial charge in [0.1, 0.15) is 5.71 Å². The normalized spacial score (nSPS) is 30.5. The van der Waals surface area contributed by atoms with E-state index in [2.05, 4.69) is 15.1 Å². The Morgan fingerprint density at radius 3 is 2.76 bits per heavy atom. The monoisotopic (exact) mass is 375 g/mol. The summed E-state index contributed by atoms with van der Waals surface area (Å²) in [5.74, 6) is 0. The summed E-state index contributed by atoms with van der Waals surface area (Å²) < 4.78 is 51.2. The van der Waals surface area contributed by atoms with E-state index in [-0.39, 0.29) is 22.1 Å². The smallest absolute Gasteiger partial charge is 0.411 e. The zero-order valence-corrected chi connectivity index (χ0v) is 13.9. The van der Waals surface area contributed by atoms with Crippen molar-refractivity contribution in [1.82, 2.24) is 9.97 Å². The number of aromatic nitrogens is 2. The molecule has 136 valence electrons. The molecule has 1 aromatic heterocycles. The summed E-state index contributed by atoms with van der Waals surface area (Å²) in [5.41, 5.74) is 0.225. The first-order valence-electron chi connectivity index (χ1n) is 8.07. The van der Waals surface area contributed by atoms with E-state index < -0.39 is 18.2 Å². The van der Waals surface area contributed by atoms with Gasteiger partial charge in [0.25, 0.3) is 0 Å². The Morgan fingerprint density at radius 2 is 2.00 bits per heavy atom. The lowest BCUT2D eigenvalue weighted by Gasteiger charge is -2.27. The SMILES string of the molecule is O/N=C1\C[C@H](Sc2nc3c(c(C(F)(F)F)n2)CCCC3)[C@H]2CO[C@H]1O2. The molecule has 1 aliphatic carbocycles. The average molecular weight is 375 g/mol. The number of halogens is 3. The molecule has 3 heterocycles. The molecule has 6 nitrogen and oxygen atoms in total. The molecule has 3 atom stereocenters. The second-order valence-electron chi connectivity index (χ2n) is 6.28. The molecular formula is C15H16F3N3O3S. The molecule has 2 aliphatic heterocycles. The van der Waals surface area contributed by atoms with Crippen LogP contribution in [0.1, 0.15) is 36.2 Å². The highest BCUT2D eigenvalue weighted by molar-refractivity contribution is 7.99. The number of fused-ring (bicyclic) bond motifs is 3. The lowest BCUT2D eigenvalue weighted by atomic mass is 9.94. The van der Waals surface area contributed by atoms with Gasteiger partial charge < -0.3 is 14.7 Å². The Hall–Kier alpha value is -1.39. The van der Waals surface area contributed by atoms with Gasteiger partial charge in [0.15, 0.2) is 10.9 Å². The van der Waals surface area contributed by atoms with Gasteiger partial charge >= 0.3 is 6.18 Å². The predicted molar refractivity (Wildman–Crippen MR) is 81.8 cm³/mol.